The molecule has 1 N–H and O–H groups in total. The summed E-state index contributed by atoms with van der Waals surface area (Å²) in [6, 6.07) is 18.2. The fourth-order valence-corrected chi connectivity index (χ4v) is 4.27. The van der Waals surface area contributed by atoms with Crippen LogP contribution in [0.3, 0.4) is 0 Å². The summed E-state index contributed by atoms with van der Waals surface area (Å²) >= 11 is 0. The van der Waals surface area contributed by atoms with Gasteiger partial charge in [0, 0.05) is 19.0 Å². The van der Waals surface area contributed by atoms with E-state index < -0.39 is 0 Å². The number of carbonyl (C=O) groups excluding carboxylic acids is 2. The van der Waals surface area contributed by atoms with E-state index in [2.05, 4.69) is 5.32 Å². The maximum atomic E-state index is 13.8. The number of benzene rings is 2. The summed E-state index contributed by atoms with van der Waals surface area (Å²) in [5.41, 5.74) is 2.45. The van der Waals surface area contributed by atoms with Crippen LogP contribution in [0.2, 0.25) is 0 Å². The minimum atomic E-state index is -0.353. The number of amides is 2. The third-order valence-electron chi connectivity index (χ3n) is 6.04. The first-order valence-corrected chi connectivity index (χ1v) is 10.9. The first-order chi connectivity index (χ1) is 15.5. The number of likely N-dealkylation sites (tertiary alicyclic amines) is 1. The van der Waals surface area contributed by atoms with Gasteiger partial charge in [0.25, 0.3) is 0 Å². The fraction of sp³-hybridized carbons (Fsp3) is 0.308. The Kier molecular flexibility index (Phi) is 6.69. The minimum Gasteiger partial charge on any atom is -0.467 e. The lowest BCUT2D eigenvalue weighted by atomic mass is 9.83. The molecule has 1 aliphatic rings. The van der Waals surface area contributed by atoms with Gasteiger partial charge < -0.3 is 14.6 Å². The highest BCUT2D eigenvalue weighted by Gasteiger charge is 2.34. The highest BCUT2D eigenvalue weighted by atomic mass is 19.1. The first-order valence-electron chi connectivity index (χ1n) is 10.9. The van der Waals surface area contributed by atoms with E-state index in [1.165, 1.54) is 6.07 Å². The van der Waals surface area contributed by atoms with E-state index in [1.54, 1.807) is 36.3 Å². The van der Waals surface area contributed by atoms with Crippen molar-refractivity contribution in [3.05, 3.63) is 95.2 Å². The van der Waals surface area contributed by atoms with Crippen molar-refractivity contribution in [1.82, 2.24) is 10.2 Å². The van der Waals surface area contributed by atoms with Crippen molar-refractivity contribution in [2.75, 3.05) is 13.1 Å². The molecule has 2 unspecified atom stereocenters. The van der Waals surface area contributed by atoms with Crippen molar-refractivity contribution < 1.29 is 18.4 Å². The van der Waals surface area contributed by atoms with E-state index in [1.807, 2.05) is 36.4 Å². The number of hydrogen-bond acceptors (Lipinski definition) is 3. The maximum absolute atomic E-state index is 13.8. The summed E-state index contributed by atoms with van der Waals surface area (Å²) in [7, 11) is 0. The standard InChI is InChI=1S/C26H27FN2O3/c1-18-12-20(9-10-24(18)27)21-14-22(26(31)28-15-23-8-5-11-32-23)17-29(16-21)25(30)13-19-6-3-2-4-7-19/h2-12,21-22H,13-17H2,1H3,(H,28,31). The number of rotatable bonds is 6. The average molecular weight is 435 g/mol. The summed E-state index contributed by atoms with van der Waals surface area (Å²) in [4.78, 5) is 27.8. The van der Waals surface area contributed by atoms with Gasteiger partial charge in [-0.25, -0.2) is 4.39 Å². The van der Waals surface area contributed by atoms with Crippen molar-refractivity contribution in [2.24, 2.45) is 5.92 Å². The van der Waals surface area contributed by atoms with Crippen molar-refractivity contribution in [2.45, 2.75) is 32.2 Å². The Hall–Kier alpha value is -3.41. The van der Waals surface area contributed by atoms with Gasteiger partial charge in [0.05, 0.1) is 25.1 Å². The summed E-state index contributed by atoms with van der Waals surface area (Å²) in [6.45, 7) is 2.92. The topological polar surface area (TPSA) is 62.6 Å². The summed E-state index contributed by atoms with van der Waals surface area (Å²) in [5, 5.41) is 2.93. The second-order valence-corrected chi connectivity index (χ2v) is 8.40. The predicted octanol–water partition coefficient (Wildman–Crippen LogP) is 4.22. The Morgan fingerprint density at radius 1 is 1.09 bits per heavy atom. The first kappa shape index (κ1) is 21.8. The SMILES string of the molecule is Cc1cc(C2CC(C(=O)NCc3ccco3)CN(C(=O)Cc3ccccc3)C2)ccc1F. The van der Waals surface area contributed by atoms with Crippen LogP contribution < -0.4 is 5.32 Å². The van der Waals surface area contributed by atoms with Gasteiger partial charge in [0.2, 0.25) is 11.8 Å². The van der Waals surface area contributed by atoms with Crippen molar-refractivity contribution >= 4 is 11.8 Å². The van der Waals surface area contributed by atoms with Crippen LogP contribution in [0.25, 0.3) is 0 Å². The Morgan fingerprint density at radius 3 is 2.62 bits per heavy atom. The fourth-order valence-electron chi connectivity index (χ4n) is 4.27. The molecule has 32 heavy (non-hydrogen) atoms. The van der Waals surface area contributed by atoms with E-state index in [4.69, 9.17) is 4.42 Å². The zero-order chi connectivity index (χ0) is 22.5. The van der Waals surface area contributed by atoms with Crippen LogP contribution in [-0.2, 0) is 22.6 Å². The summed E-state index contributed by atoms with van der Waals surface area (Å²) in [6.07, 6.45) is 2.46. The van der Waals surface area contributed by atoms with Crippen LogP contribution in [0.5, 0.6) is 0 Å². The van der Waals surface area contributed by atoms with Gasteiger partial charge >= 0.3 is 0 Å². The molecule has 2 amide bonds. The number of carbonyl (C=O) groups is 2. The molecule has 6 heteroatoms. The minimum absolute atomic E-state index is 0.0106. The summed E-state index contributed by atoms with van der Waals surface area (Å²) < 4.78 is 19.1. The van der Waals surface area contributed by atoms with Crippen molar-refractivity contribution in [3.63, 3.8) is 0 Å². The lowest BCUT2D eigenvalue weighted by Gasteiger charge is -2.37. The van der Waals surface area contributed by atoms with Gasteiger partial charge in [0.15, 0.2) is 0 Å². The van der Waals surface area contributed by atoms with E-state index in [-0.39, 0.29) is 35.9 Å². The zero-order valence-electron chi connectivity index (χ0n) is 18.1. The van der Waals surface area contributed by atoms with Gasteiger partial charge in [-0.3, -0.25) is 9.59 Å². The van der Waals surface area contributed by atoms with Crippen LogP contribution in [0.1, 0.15) is 34.8 Å². The molecule has 1 aliphatic heterocycles. The van der Waals surface area contributed by atoms with Gasteiger partial charge in [0.1, 0.15) is 11.6 Å². The molecule has 4 rings (SSSR count). The van der Waals surface area contributed by atoms with Crippen LogP contribution in [0, 0.1) is 18.7 Å². The smallest absolute Gasteiger partial charge is 0.227 e. The molecule has 0 saturated carbocycles. The Balaban J connectivity index is 1.51. The Labute approximate surface area is 187 Å². The van der Waals surface area contributed by atoms with Crippen molar-refractivity contribution in [3.8, 4) is 0 Å². The molecular weight excluding hydrogens is 407 g/mol. The number of halogens is 1. The van der Waals surface area contributed by atoms with Gasteiger partial charge in [-0.2, -0.15) is 0 Å². The lowest BCUT2D eigenvalue weighted by molar-refractivity contribution is -0.135. The highest BCUT2D eigenvalue weighted by Crippen LogP contribution is 2.32. The number of nitrogens with one attached hydrogen (secondary N) is 1. The molecule has 166 valence electrons. The van der Waals surface area contributed by atoms with E-state index in [0.29, 0.717) is 37.4 Å². The molecule has 5 nitrogen and oxygen atoms in total. The molecule has 2 aromatic carbocycles. The van der Waals surface area contributed by atoms with Gasteiger partial charge in [-0.15, -0.1) is 0 Å². The Bertz CT molecular complexity index is 1070. The molecule has 1 aromatic heterocycles. The van der Waals surface area contributed by atoms with E-state index >= 15 is 0 Å². The quantitative estimate of drug-likeness (QED) is 0.632. The molecule has 0 aliphatic carbocycles. The molecular formula is C26H27FN2O3. The monoisotopic (exact) mass is 434 g/mol. The second kappa shape index (κ2) is 9.81. The molecule has 0 spiro atoms. The summed E-state index contributed by atoms with van der Waals surface area (Å²) in [5.74, 6) is -0.0897. The number of furan rings is 1. The number of aryl methyl sites for hydroxylation is 1. The highest BCUT2D eigenvalue weighted by molar-refractivity contribution is 5.82. The zero-order valence-corrected chi connectivity index (χ0v) is 18.1. The van der Waals surface area contributed by atoms with Crippen LogP contribution >= 0.6 is 0 Å². The molecule has 0 bridgehead atoms. The molecule has 1 saturated heterocycles. The van der Waals surface area contributed by atoms with Gasteiger partial charge in [-0.05, 0) is 48.2 Å². The maximum Gasteiger partial charge on any atom is 0.227 e. The number of hydrogen-bond donors (Lipinski definition) is 1. The van der Waals surface area contributed by atoms with Crippen LogP contribution in [0.15, 0.2) is 71.3 Å². The number of piperidine rings is 1. The largest absolute Gasteiger partial charge is 0.467 e. The predicted molar refractivity (Wildman–Crippen MR) is 119 cm³/mol. The number of nitrogens with zero attached hydrogens (tertiary/aromatic N) is 1. The van der Waals surface area contributed by atoms with Crippen LogP contribution in [0.4, 0.5) is 4.39 Å². The average Bonchev–Trinajstić information content (AvgIpc) is 3.33. The normalized spacial score (nSPS) is 18.4. The lowest BCUT2D eigenvalue weighted by Crippen LogP contribution is -2.48. The van der Waals surface area contributed by atoms with Gasteiger partial charge in [-0.1, -0.05) is 42.5 Å². The molecule has 0 radical (unpaired) electrons. The van der Waals surface area contributed by atoms with E-state index in [0.717, 1.165) is 11.1 Å². The van der Waals surface area contributed by atoms with Crippen molar-refractivity contribution in [1.29, 1.82) is 0 Å². The molecule has 2 atom stereocenters. The van der Waals surface area contributed by atoms with Crippen LogP contribution in [-0.4, -0.2) is 29.8 Å². The molecule has 3 aromatic rings. The Morgan fingerprint density at radius 2 is 1.91 bits per heavy atom. The second-order valence-electron chi connectivity index (χ2n) is 8.40. The molecule has 2 heterocycles. The third-order valence-corrected chi connectivity index (χ3v) is 6.04. The van der Waals surface area contributed by atoms with E-state index in [9.17, 15) is 14.0 Å². The molecule has 1 fully saturated rings. The third kappa shape index (κ3) is 5.25.